The quantitative estimate of drug-likeness (QED) is 0.797. The summed E-state index contributed by atoms with van der Waals surface area (Å²) in [5.41, 5.74) is 0.848. The van der Waals surface area contributed by atoms with E-state index in [0.717, 1.165) is 0 Å². The number of hydrogen-bond donors (Lipinski definition) is 0. The van der Waals surface area contributed by atoms with Crippen molar-refractivity contribution in [2.75, 3.05) is 0 Å². The maximum atomic E-state index is 13.4. The monoisotopic (exact) mass is 265 g/mol. The molecule has 92 valence electrons. The molecule has 0 aliphatic carbocycles. The molecule has 2 rings (SSSR count). The molecule has 0 fully saturated rings. The van der Waals surface area contributed by atoms with Crippen LogP contribution in [0, 0.1) is 5.82 Å². The smallest absolute Gasteiger partial charge is 0.213 e. The Bertz CT molecular complexity index is 557. The number of ether oxygens (including phenoxy) is 1. The molecular weight excluding hydrogens is 257 g/mol. The molecule has 0 radical (unpaired) electrons. The van der Waals surface area contributed by atoms with E-state index in [2.05, 4.69) is 4.98 Å². The Hall–Kier alpha value is -1.94. The molecule has 1 heterocycles. The molecule has 0 saturated carbocycles. The maximum absolute atomic E-state index is 13.4. The van der Waals surface area contributed by atoms with Gasteiger partial charge in [0, 0.05) is 28.4 Å². The van der Waals surface area contributed by atoms with Crippen LogP contribution in [0.5, 0.6) is 5.88 Å². The zero-order chi connectivity index (χ0) is 13.0. The summed E-state index contributed by atoms with van der Waals surface area (Å²) < 4.78 is 18.7. The number of aromatic nitrogens is 1. The minimum atomic E-state index is -0.424. The number of aldehydes is 1. The van der Waals surface area contributed by atoms with E-state index in [9.17, 15) is 9.18 Å². The summed E-state index contributed by atoms with van der Waals surface area (Å²) >= 11 is 5.64. The average molecular weight is 266 g/mol. The topological polar surface area (TPSA) is 39.2 Å². The van der Waals surface area contributed by atoms with Gasteiger partial charge in [-0.1, -0.05) is 17.7 Å². The minimum absolute atomic E-state index is 0.0520. The average Bonchev–Trinajstić information content (AvgIpc) is 2.38. The van der Waals surface area contributed by atoms with Crippen LogP contribution >= 0.6 is 11.6 Å². The molecule has 0 saturated heterocycles. The molecular formula is C13H9ClFNO2. The number of halogens is 2. The lowest BCUT2D eigenvalue weighted by molar-refractivity contribution is 0.112. The Morgan fingerprint density at radius 1 is 1.33 bits per heavy atom. The van der Waals surface area contributed by atoms with Crippen LogP contribution in [0.4, 0.5) is 4.39 Å². The van der Waals surface area contributed by atoms with Crippen molar-refractivity contribution in [3.8, 4) is 5.88 Å². The van der Waals surface area contributed by atoms with Crippen LogP contribution in [0.15, 0.2) is 36.5 Å². The van der Waals surface area contributed by atoms with Gasteiger partial charge in [0.2, 0.25) is 5.88 Å². The Balaban J connectivity index is 2.04. The number of benzene rings is 1. The van der Waals surface area contributed by atoms with Gasteiger partial charge in [-0.25, -0.2) is 9.37 Å². The Kier molecular flexibility index (Phi) is 3.89. The summed E-state index contributed by atoms with van der Waals surface area (Å²) in [4.78, 5) is 14.3. The molecule has 1 aromatic carbocycles. The first-order valence-corrected chi connectivity index (χ1v) is 5.55. The van der Waals surface area contributed by atoms with Gasteiger partial charge in [-0.15, -0.1) is 0 Å². The lowest BCUT2D eigenvalue weighted by Gasteiger charge is -2.06. The third kappa shape index (κ3) is 3.05. The number of carbonyl (C=O) groups is 1. The van der Waals surface area contributed by atoms with Crippen molar-refractivity contribution in [2.45, 2.75) is 6.61 Å². The molecule has 0 bridgehead atoms. The van der Waals surface area contributed by atoms with E-state index in [-0.39, 0.29) is 6.61 Å². The van der Waals surface area contributed by atoms with E-state index < -0.39 is 5.82 Å². The number of hydrogen-bond acceptors (Lipinski definition) is 3. The molecule has 2 aromatic rings. The highest BCUT2D eigenvalue weighted by Crippen LogP contribution is 2.16. The number of pyridine rings is 1. The second-order valence-electron chi connectivity index (χ2n) is 3.57. The van der Waals surface area contributed by atoms with Gasteiger partial charge in [-0.2, -0.15) is 0 Å². The predicted molar refractivity (Wildman–Crippen MR) is 65.4 cm³/mol. The molecule has 0 aliphatic heterocycles. The van der Waals surface area contributed by atoms with Gasteiger partial charge >= 0.3 is 0 Å². The summed E-state index contributed by atoms with van der Waals surface area (Å²) in [5, 5.41) is 0.338. The number of rotatable bonds is 4. The van der Waals surface area contributed by atoms with Crippen molar-refractivity contribution in [2.24, 2.45) is 0 Å². The van der Waals surface area contributed by atoms with Gasteiger partial charge in [0.05, 0.1) is 0 Å². The Morgan fingerprint density at radius 2 is 2.17 bits per heavy atom. The standard InChI is InChI=1S/C13H9ClFNO2/c14-11-3-2-10(12(15)5-11)8-18-13-4-1-9(7-17)6-16-13/h1-7H,8H2. The Labute approximate surface area is 108 Å². The van der Waals surface area contributed by atoms with Crippen LogP contribution < -0.4 is 4.74 Å². The molecule has 0 spiro atoms. The normalized spacial score (nSPS) is 10.1. The van der Waals surface area contributed by atoms with E-state index in [0.29, 0.717) is 28.3 Å². The summed E-state index contributed by atoms with van der Waals surface area (Å²) in [7, 11) is 0. The third-order valence-corrected chi connectivity index (χ3v) is 2.52. The SMILES string of the molecule is O=Cc1ccc(OCc2ccc(Cl)cc2F)nc1. The largest absolute Gasteiger partial charge is 0.473 e. The van der Waals surface area contributed by atoms with Crippen LogP contribution in [-0.2, 0) is 6.61 Å². The molecule has 5 heteroatoms. The van der Waals surface area contributed by atoms with Crippen LogP contribution in [-0.4, -0.2) is 11.3 Å². The molecule has 0 N–H and O–H groups in total. The maximum Gasteiger partial charge on any atom is 0.213 e. The van der Waals surface area contributed by atoms with Crippen molar-refractivity contribution in [1.29, 1.82) is 0 Å². The first kappa shape index (κ1) is 12.5. The first-order chi connectivity index (χ1) is 8.69. The van der Waals surface area contributed by atoms with Crippen molar-refractivity contribution < 1.29 is 13.9 Å². The molecule has 0 aliphatic rings. The molecule has 18 heavy (non-hydrogen) atoms. The molecule has 1 aromatic heterocycles. The number of nitrogens with zero attached hydrogens (tertiary/aromatic N) is 1. The second kappa shape index (κ2) is 5.60. The van der Waals surface area contributed by atoms with E-state index in [1.54, 1.807) is 24.3 Å². The molecule has 3 nitrogen and oxygen atoms in total. The van der Waals surface area contributed by atoms with Crippen molar-refractivity contribution in [3.05, 3.63) is 58.5 Å². The molecule has 0 atom stereocenters. The van der Waals surface area contributed by atoms with Crippen molar-refractivity contribution >= 4 is 17.9 Å². The highest BCUT2D eigenvalue weighted by molar-refractivity contribution is 6.30. The van der Waals surface area contributed by atoms with E-state index in [4.69, 9.17) is 16.3 Å². The van der Waals surface area contributed by atoms with Crippen LogP contribution in [0.1, 0.15) is 15.9 Å². The third-order valence-electron chi connectivity index (χ3n) is 2.29. The van der Waals surface area contributed by atoms with E-state index >= 15 is 0 Å². The van der Waals surface area contributed by atoms with Gasteiger partial charge < -0.3 is 4.74 Å². The summed E-state index contributed by atoms with van der Waals surface area (Å²) in [6.07, 6.45) is 2.08. The van der Waals surface area contributed by atoms with Gasteiger partial charge in [0.15, 0.2) is 6.29 Å². The summed E-state index contributed by atoms with van der Waals surface area (Å²) in [6, 6.07) is 7.50. The van der Waals surface area contributed by atoms with Crippen molar-refractivity contribution in [1.82, 2.24) is 4.98 Å². The number of carbonyl (C=O) groups excluding carboxylic acids is 1. The lowest BCUT2D eigenvalue weighted by atomic mass is 10.2. The van der Waals surface area contributed by atoms with Gasteiger partial charge in [0.1, 0.15) is 12.4 Å². The van der Waals surface area contributed by atoms with Gasteiger partial charge in [0.25, 0.3) is 0 Å². The Morgan fingerprint density at radius 3 is 2.78 bits per heavy atom. The highest BCUT2D eigenvalue weighted by Gasteiger charge is 2.04. The van der Waals surface area contributed by atoms with Crippen molar-refractivity contribution in [3.63, 3.8) is 0 Å². The fourth-order valence-corrected chi connectivity index (χ4v) is 1.50. The minimum Gasteiger partial charge on any atom is -0.473 e. The van der Waals surface area contributed by atoms with Gasteiger partial charge in [-0.3, -0.25) is 4.79 Å². The zero-order valence-corrected chi connectivity index (χ0v) is 10.0. The molecule has 0 unspecified atom stereocenters. The highest BCUT2D eigenvalue weighted by atomic mass is 35.5. The summed E-state index contributed by atoms with van der Waals surface area (Å²) in [5.74, 6) is -0.0954. The van der Waals surface area contributed by atoms with Crippen LogP contribution in [0.2, 0.25) is 5.02 Å². The van der Waals surface area contributed by atoms with Crippen LogP contribution in [0.25, 0.3) is 0 Å². The predicted octanol–water partition coefficient (Wildman–Crippen LogP) is 3.27. The van der Waals surface area contributed by atoms with Gasteiger partial charge in [-0.05, 0) is 18.2 Å². The fraction of sp³-hybridized carbons (Fsp3) is 0.0769. The molecule has 0 amide bonds. The van der Waals surface area contributed by atoms with E-state index in [1.165, 1.54) is 12.3 Å². The first-order valence-electron chi connectivity index (χ1n) is 5.17. The zero-order valence-electron chi connectivity index (χ0n) is 9.27. The lowest BCUT2D eigenvalue weighted by Crippen LogP contribution is -2.00. The second-order valence-corrected chi connectivity index (χ2v) is 4.01. The fourth-order valence-electron chi connectivity index (χ4n) is 1.34. The summed E-state index contributed by atoms with van der Waals surface area (Å²) in [6.45, 7) is 0.0520. The van der Waals surface area contributed by atoms with Crippen LogP contribution in [0.3, 0.4) is 0 Å². The van der Waals surface area contributed by atoms with E-state index in [1.807, 2.05) is 0 Å².